The number of benzene rings is 4. The summed E-state index contributed by atoms with van der Waals surface area (Å²) in [5, 5.41) is 5.83. The van der Waals surface area contributed by atoms with Crippen molar-refractivity contribution in [2.75, 3.05) is 119 Å². The number of thiazole rings is 2. The lowest BCUT2D eigenvalue weighted by Crippen LogP contribution is -2.48. The number of methoxy groups -OCH3 is 8. The maximum atomic E-state index is 13.3. The van der Waals surface area contributed by atoms with Gasteiger partial charge in [0.1, 0.15) is 44.3 Å². The molecule has 8 rings (SSSR count). The Morgan fingerprint density at radius 3 is 1.30 bits per heavy atom. The van der Waals surface area contributed by atoms with Crippen molar-refractivity contribution in [3.05, 3.63) is 106 Å². The predicted molar refractivity (Wildman–Crippen MR) is 270 cm³/mol. The highest BCUT2D eigenvalue weighted by Crippen LogP contribution is 2.35. The molecular formula is C48H58N6O12S4. The number of hydrogen-bond acceptors (Lipinski definition) is 18. The number of anilines is 2. The standard InChI is InChI=1S/2C24H29N3O6S2/c1-30-19-5-7-21(32-3)17(14-19)13-18-16-34-24(25-18)26-9-11-27(12-10-26)35(28,29)23-8-6-20(31-2)15-22(23)33-4;1-30-19-6-8-23(22(15-19)33-4)35(28,29)27-11-9-26(10-12-27)24-25-18(16-34-24)13-17-5-7-20(31-2)21(14-17)32-3/h2*5-8,14-16H,9-13H2,1-4H3. The lowest BCUT2D eigenvalue weighted by Gasteiger charge is -2.34. The van der Waals surface area contributed by atoms with Crippen LogP contribution in [0.5, 0.6) is 46.0 Å². The molecule has 0 aliphatic carbocycles. The minimum atomic E-state index is -3.70. The molecule has 0 spiro atoms. The first-order valence-electron chi connectivity index (χ1n) is 22.0. The van der Waals surface area contributed by atoms with E-state index in [0.29, 0.717) is 88.2 Å². The molecule has 376 valence electrons. The van der Waals surface area contributed by atoms with E-state index in [1.165, 1.54) is 49.2 Å². The topological polar surface area (TPSA) is 181 Å². The monoisotopic (exact) mass is 1040 g/mol. The summed E-state index contributed by atoms with van der Waals surface area (Å²) in [7, 11) is 5.07. The first-order chi connectivity index (χ1) is 33.8. The molecule has 70 heavy (non-hydrogen) atoms. The molecule has 18 nitrogen and oxygen atoms in total. The number of nitrogens with zero attached hydrogens (tertiary/aromatic N) is 6. The van der Waals surface area contributed by atoms with E-state index in [-0.39, 0.29) is 21.3 Å². The van der Waals surface area contributed by atoms with Gasteiger partial charge in [0.2, 0.25) is 20.0 Å². The van der Waals surface area contributed by atoms with Crippen LogP contribution in [0, 0.1) is 0 Å². The summed E-state index contributed by atoms with van der Waals surface area (Å²) in [4.78, 5) is 14.1. The first-order valence-corrected chi connectivity index (χ1v) is 26.7. The van der Waals surface area contributed by atoms with Crippen LogP contribution in [0.4, 0.5) is 10.3 Å². The van der Waals surface area contributed by atoms with Crippen molar-refractivity contribution in [3.8, 4) is 46.0 Å². The van der Waals surface area contributed by atoms with E-state index < -0.39 is 20.0 Å². The Morgan fingerprint density at radius 1 is 0.443 bits per heavy atom. The van der Waals surface area contributed by atoms with Crippen molar-refractivity contribution >= 4 is 53.0 Å². The first kappa shape index (κ1) is 51.8. The van der Waals surface area contributed by atoms with Gasteiger partial charge in [-0.25, -0.2) is 26.8 Å². The normalized spacial score (nSPS) is 14.6. The van der Waals surface area contributed by atoms with Crippen molar-refractivity contribution < 1.29 is 54.7 Å². The molecule has 2 fully saturated rings. The van der Waals surface area contributed by atoms with Gasteiger partial charge in [0.05, 0.1) is 68.3 Å². The van der Waals surface area contributed by atoms with Crippen LogP contribution < -0.4 is 47.7 Å². The summed E-state index contributed by atoms with van der Waals surface area (Å²) < 4.78 is 98.6. The SMILES string of the molecule is COc1ccc(OC)c(Cc2csc(N3CCN(S(=O)(=O)c4ccc(OC)cc4OC)CC3)n2)c1.COc1ccc(S(=O)(=O)N2CCN(c3nc(Cc4ccc(OC)c(OC)c4)cs3)CC2)c(OC)c1. The van der Waals surface area contributed by atoms with Crippen molar-refractivity contribution in [2.45, 2.75) is 22.6 Å². The van der Waals surface area contributed by atoms with Gasteiger partial charge in [-0.05, 0) is 60.2 Å². The van der Waals surface area contributed by atoms with E-state index in [1.54, 1.807) is 75.4 Å². The van der Waals surface area contributed by atoms with E-state index in [1.807, 2.05) is 47.2 Å². The van der Waals surface area contributed by atoms with Gasteiger partial charge < -0.3 is 47.7 Å². The Morgan fingerprint density at radius 2 is 0.857 bits per heavy atom. The van der Waals surface area contributed by atoms with Gasteiger partial charge in [0.15, 0.2) is 21.8 Å². The average Bonchev–Trinajstić information content (AvgIpc) is 4.08. The number of sulfonamides is 2. The van der Waals surface area contributed by atoms with E-state index in [9.17, 15) is 16.8 Å². The molecule has 0 saturated carbocycles. The van der Waals surface area contributed by atoms with E-state index in [0.717, 1.165) is 44.3 Å². The van der Waals surface area contributed by atoms with Crippen LogP contribution in [0.15, 0.2) is 93.3 Å². The molecule has 2 aromatic heterocycles. The minimum absolute atomic E-state index is 0.137. The van der Waals surface area contributed by atoms with Crippen LogP contribution in [0.2, 0.25) is 0 Å². The number of rotatable bonds is 18. The zero-order valence-electron chi connectivity index (χ0n) is 40.4. The third-order valence-corrected chi connectivity index (χ3v) is 17.5. The summed E-state index contributed by atoms with van der Waals surface area (Å²) in [6.07, 6.45) is 1.28. The third kappa shape index (κ3) is 11.8. The number of hydrogen-bond donors (Lipinski definition) is 0. The van der Waals surface area contributed by atoms with E-state index in [4.69, 9.17) is 47.9 Å². The molecule has 4 heterocycles. The second-order valence-corrected chi connectivity index (χ2v) is 21.3. The van der Waals surface area contributed by atoms with E-state index >= 15 is 0 Å². The molecule has 2 saturated heterocycles. The smallest absolute Gasteiger partial charge is 0.246 e. The van der Waals surface area contributed by atoms with Gasteiger partial charge in [-0.15, -0.1) is 22.7 Å². The fourth-order valence-electron chi connectivity index (χ4n) is 7.95. The summed E-state index contributed by atoms with van der Waals surface area (Å²) in [5.41, 5.74) is 3.95. The number of piperazine rings is 2. The predicted octanol–water partition coefficient (Wildman–Crippen LogP) is 6.56. The summed E-state index contributed by atoms with van der Waals surface area (Å²) in [6, 6.07) is 21.0. The highest BCUT2D eigenvalue weighted by molar-refractivity contribution is 7.89. The molecule has 0 bridgehead atoms. The highest BCUT2D eigenvalue weighted by Gasteiger charge is 2.33. The van der Waals surface area contributed by atoms with Crippen LogP contribution in [-0.2, 0) is 32.9 Å². The second-order valence-electron chi connectivity index (χ2n) is 15.8. The average molecular weight is 1040 g/mol. The zero-order chi connectivity index (χ0) is 50.0. The van der Waals surface area contributed by atoms with Crippen LogP contribution in [0.25, 0.3) is 0 Å². The molecule has 4 aromatic carbocycles. The Hall–Kier alpha value is -6.04. The summed E-state index contributed by atoms with van der Waals surface area (Å²) in [5.74, 6) is 4.54. The molecule has 0 atom stereocenters. The highest BCUT2D eigenvalue weighted by atomic mass is 32.2. The molecule has 0 unspecified atom stereocenters. The van der Waals surface area contributed by atoms with E-state index in [2.05, 4.69) is 9.80 Å². The van der Waals surface area contributed by atoms with Crippen LogP contribution in [0.3, 0.4) is 0 Å². The maximum Gasteiger partial charge on any atom is 0.246 e. The lowest BCUT2D eigenvalue weighted by atomic mass is 10.1. The quantitative estimate of drug-likeness (QED) is 0.0903. The Balaban J connectivity index is 0.000000206. The molecule has 0 radical (unpaired) electrons. The largest absolute Gasteiger partial charge is 0.497 e. The molecule has 6 aromatic rings. The van der Waals surface area contributed by atoms with Gasteiger partial charge >= 0.3 is 0 Å². The van der Waals surface area contributed by atoms with Crippen LogP contribution in [0.1, 0.15) is 22.5 Å². The molecule has 2 aliphatic rings. The van der Waals surface area contributed by atoms with Crippen LogP contribution >= 0.6 is 22.7 Å². The van der Waals surface area contributed by atoms with Crippen molar-refractivity contribution in [1.29, 1.82) is 0 Å². The Bertz CT molecular complexity index is 2930. The lowest BCUT2D eigenvalue weighted by molar-refractivity contribution is 0.354. The number of aromatic nitrogens is 2. The zero-order valence-corrected chi connectivity index (χ0v) is 43.6. The fourth-order valence-corrected chi connectivity index (χ4v) is 12.8. The second kappa shape index (κ2) is 23.3. The van der Waals surface area contributed by atoms with Crippen molar-refractivity contribution in [1.82, 2.24) is 18.6 Å². The molecule has 0 N–H and O–H groups in total. The number of ether oxygens (including phenoxy) is 8. The summed E-state index contributed by atoms with van der Waals surface area (Å²) in [6.45, 7) is 3.65. The minimum Gasteiger partial charge on any atom is -0.497 e. The van der Waals surface area contributed by atoms with Crippen LogP contribution in [-0.4, -0.2) is 145 Å². The van der Waals surface area contributed by atoms with Gasteiger partial charge in [-0.3, -0.25) is 0 Å². The Labute approximate surface area is 417 Å². The van der Waals surface area contributed by atoms with Gasteiger partial charge in [-0.1, -0.05) is 6.07 Å². The van der Waals surface area contributed by atoms with Crippen molar-refractivity contribution in [2.24, 2.45) is 0 Å². The maximum absolute atomic E-state index is 13.3. The Kier molecular flexibility index (Phi) is 17.2. The summed E-state index contributed by atoms with van der Waals surface area (Å²) >= 11 is 3.12. The van der Waals surface area contributed by atoms with Gasteiger partial charge in [0.25, 0.3) is 0 Å². The van der Waals surface area contributed by atoms with Crippen molar-refractivity contribution in [3.63, 3.8) is 0 Å². The molecule has 22 heteroatoms. The van der Waals surface area contributed by atoms with Gasteiger partial charge in [-0.2, -0.15) is 8.61 Å². The third-order valence-electron chi connectivity index (χ3n) is 11.8. The molecular weight excluding hydrogens is 981 g/mol. The molecule has 0 amide bonds. The van der Waals surface area contributed by atoms with Gasteiger partial charge in [0, 0.05) is 93.7 Å². The molecule has 2 aliphatic heterocycles. The fraction of sp³-hybridized carbons (Fsp3) is 0.375.